The van der Waals surface area contributed by atoms with Crippen molar-refractivity contribution >= 4 is 21.7 Å². The predicted molar refractivity (Wildman–Crippen MR) is 43.0 cm³/mol. The summed E-state index contributed by atoms with van der Waals surface area (Å²) in [7, 11) is 0. The number of hydrogen-bond acceptors (Lipinski definition) is 1. The minimum Gasteiger partial charge on any atom is -0.295 e. The molecule has 0 saturated carbocycles. The fraction of sp³-hybridized carbons (Fsp3) is 0.125. The average molecular weight is 198 g/mol. The highest BCUT2D eigenvalue weighted by atomic mass is 79.9. The molecule has 51 valence electrons. The molecule has 0 atom stereocenters. The van der Waals surface area contributed by atoms with E-state index in [-0.39, 0.29) is 5.78 Å². The van der Waals surface area contributed by atoms with Crippen molar-refractivity contribution in [2.24, 2.45) is 0 Å². The Morgan fingerprint density at radius 1 is 1.60 bits per heavy atom. The van der Waals surface area contributed by atoms with Gasteiger partial charge in [0.15, 0.2) is 5.78 Å². The first-order chi connectivity index (χ1) is 4.70. The van der Waals surface area contributed by atoms with E-state index in [1.54, 1.807) is 18.2 Å². The van der Waals surface area contributed by atoms with Crippen molar-refractivity contribution in [1.29, 1.82) is 0 Å². The summed E-state index contributed by atoms with van der Waals surface area (Å²) in [6, 6.07) is 8.06. The third kappa shape index (κ3) is 1.67. The Kier molecular flexibility index (Phi) is 2.22. The van der Waals surface area contributed by atoms with Crippen LogP contribution in [0.25, 0.3) is 0 Å². The molecular formula is C8H6BrO. The third-order valence-corrected chi connectivity index (χ3v) is 1.62. The first-order valence-electron chi connectivity index (χ1n) is 2.88. The van der Waals surface area contributed by atoms with Crippen LogP contribution in [0.3, 0.4) is 0 Å². The van der Waals surface area contributed by atoms with Crippen molar-refractivity contribution < 1.29 is 4.79 Å². The molecule has 0 aromatic heterocycles. The van der Waals surface area contributed by atoms with E-state index in [4.69, 9.17) is 0 Å². The molecule has 1 radical (unpaired) electrons. The SMILES string of the molecule is CC(=O)c1c[c]cc(Br)c1. The molecule has 0 heterocycles. The minimum atomic E-state index is 0.0672. The normalized spacial score (nSPS) is 9.40. The Hall–Kier alpha value is -0.630. The van der Waals surface area contributed by atoms with Gasteiger partial charge in [0.05, 0.1) is 0 Å². The maximum atomic E-state index is 10.8. The van der Waals surface area contributed by atoms with Crippen LogP contribution in [0.2, 0.25) is 0 Å². The van der Waals surface area contributed by atoms with Crippen molar-refractivity contribution in [2.45, 2.75) is 6.92 Å². The molecule has 1 aromatic rings. The number of Topliss-reactive ketones (excluding diaryl/α,β-unsaturated/α-hetero) is 1. The minimum absolute atomic E-state index is 0.0672. The maximum Gasteiger partial charge on any atom is 0.159 e. The molecule has 0 spiro atoms. The summed E-state index contributed by atoms with van der Waals surface area (Å²) < 4.78 is 0.889. The van der Waals surface area contributed by atoms with Gasteiger partial charge in [-0.3, -0.25) is 4.79 Å². The van der Waals surface area contributed by atoms with Gasteiger partial charge in [-0.1, -0.05) is 15.9 Å². The lowest BCUT2D eigenvalue weighted by atomic mass is 10.2. The van der Waals surface area contributed by atoms with Crippen LogP contribution in [-0.2, 0) is 0 Å². The summed E-state index contributed by atoms with van der Waals surface area (Å²) >= 11 is 3.25. The van der Waals surface area contributed by atoms with Gasteiger partial charge in [0, 0.05) is 10.0 Å². The molecule has 0 amide bonds. The number of hydrogen-bond donors (Lipinski definition) is 0. The van der Waals surface area contributed by atoms with Gasteiger partial charge in [0.2, 0.25) is 0 Å². The molecule has 0 aliphatic rings. The van der Waals surface area contributed by atoms with Crippen molar-refractivity contribution in [3.63, 3.8) is 0 Å². The summed E-state index contributed by atoms with van der Waals surface area (Å²) in [5, 5.41) is 0. The van der Waals surface area contributed by atoms with E-state index in [9.17, 15) is 4.79 Å². The Morgan fingerprint density at radius 3 is 2.70 bits per heavy atom. The second kappa shape index (κ2) is 2.97. The van der Waals surface area contributed by atoms with E-state index < -0.39 is 0 Å². The second-order valence-corrected chi connectivity index (χ2v) is 2.91. The number of ketones is 1. The molecule has 0 saturated heterocycles. The fourth-order valence-corrected chi connectivity index (χ4v) is 1.02. The highest BCUT2D eigenvalue weighted by molar-refractivity contribution is 9.10. The maximum absolute atomic E-state index is 10.8. The van der Waals surface area contributed by atoms with Crippen molar-refractivity contribution in [3.05, 3.63) is 34.3 Å². The Bertz CT molecular complexity index is 255. The Morgan fingerprint density at radius 2 is 2.30 bits per heavy atom. The van der Waals surface area contributed by atoms with Gasteiger partial charge in [-0.25, -0.2) is 0 Å². The highest BCUT2D eigenvalue weighted by Crippen LogP contribution is 2.10. The van der Waals surface area contributed by atoms with Crippen LogP contribution in [0.15, 0.2) is 22.7 Å². The van der Waals surface area contributed by atoms with Crippen LogP contribution in [0.1, 0.15) is 17.3 Å². The zero-order chi connectivity index (χ0) is 7.56. The van der Waals surface area contributed by atoms with E-state index in [0.717, 1.165) is 4.47 Å². The summed E-state index contributed by atoms with van der Waals surface area (Å²) in [4.78, 5) is 10.8. The monoisotopic (exact) mass is 197 g/mol. The summed E-state index contributed by atoms with van der Waals surface area (Å²) in [5.41, 5.74) is 0.689. The molecule has 2 heteroatoms. The zero-order valence-electron chi connectivity index (χ0n) is 5.52. The standard InChI is InChI=1S/C8H6BrO/c1-6(10)7-3-2-4-8(9)5-7/h3-5H,1H3. The lowest BCUT2D eigenvalue weighted by Gasteiger charge is -1.93. The average Bonchev–Trinajstić information content (AvgIpc) is 1.88. The molecule has 1 nitrogen and oxygen atoms in total. The molecule has 0 aliphatic carbocycles. The largest absolute Gasteiger partial charge is 0.295 e. The molecule has 1 rings (SSSR count). The topological polar surface area (TPSA) is 17.1 Å². The fourth-order valence-electron chi connectivity index (χ4n) is 0.646. The van der Waals surface area contributed by atoms with Crippen LogP contribution in [-0.4, -0.2) is 5.78 Å². The van der Waals surface area contributed by atoms with Gasteiger partial charge in [-0.15, -0.1) is 0 Å². The summed E-state index contributed by atoms with van der Waals surface area (Å²) in [6.45, 7) is 1.54. The number of rotatable bonds is 1. The van der Waals surface area contributed by atoms with Crippen LogP contribution in [0.5, 0.6) is 0 Å². The Balaban J connectivity index is 3.07. The molecule has 1 aromatic carbocycles. The van der Waals surface area contributed by atoms with Crippen molar-refractivity contribution in [2.75, 3.05) is 0 Å². The van der Waals surface area contributed by atoms with Crippen molar-refractivity contribution in [1.82, 2.24) is 0 Å². The smallest absolute Gasteiger partial charge is 0.159 e. The molecule has 0 unspecified atom stereocenters. The molecule has 0 aliphatic heterocycles. The third-order valence-electron chi connectivity index (χ3n) is 1.16. The van der Waals surface area contributed by atoms with Gasteiger partial charge in [-0.05, 0) is 31.2 Å². The van der Waals surface area contributed by atoms with E-state index in [1.807, 2.05) is 0 Å². The lowest BCUT2D eigenvalue weighted by Crippen LogP contribution is -1.89. The van der Waals surface area contributed by atoms with Crippen LogP contribution in [0.4, 0.5) is 0 Å². The Labute approximate surface area is 68.2 Å². The van der Waals surface area contributed by atoms with Crippen LogP contribution < -0.4 is 0 Å². The molecule has 0 bridgehead atoms. The van der Waals surface area contributed by atoms with E-state index in [1.165, 1.54) is 6.92 Å². The number of carbonyl (C=O) groups excluding carboxylic acids is 1. The second-order valence-electron chi connectivity index (χ2n) is 2.00. The van der Waals surface area contributed by atoms with E-state index in [2.05, 4.69) is 22.0 Å². The molecular weight excluding hydrogens is 192 g/mol. The van der Waals surface area contributed by atoms with Crippen LogP contribution >= 0.6 is 15.9 Å². The number of carbonyl (C=O) groups is 1. The van der Waals surface area contributed by atoms with Gasteiger partial charge in [-0.2, -0.15) is 0 Å². The zero-order valence-corrected chi connectivity index (χ0v) is 7.10. The lowest BCUT2D eigenvalue weighted by molar-refractivity contribution is 0.101. The predicted octanol–water partition coefficient (Wildman–Crippen LogP) is 2.45. The van der Waals surface area contributed by atoms with E-state index in [0.29, 0.717) is 5.56 Å². The summed E-state index contributed by atoms with van der Waals surface area (Å²) in [5.74, 6) is 0.0672. The first-order valence-corrected chi connectivity index (χ1v) is 3.67. The number of halogens is 1. The molecule has 0 fully saturated rings. The number of benzene rings is 1. The molecule has 0 N–H and O–H groups in total. The molecule has 10 heavy (non-hydrogen) atoms. The summed E-state index contributed by atoms with van der Waals surface area (Å²) in [6.07, 6.45) is 0. The van der Waals surface area contributed by atoms with Gasteiger partial charge in [0.25, 0.3) is 0 Å². The highest BCUT2D eigenvalue weighted by Gasteiger charge is 1.97. The van der Waals surface area contributed by atoms with Crippen LogP contribution in [0, 0.1) is 6.07 Å². The van der Waals surface area contributed by atoms with Gasteiger partial charge >= 0.3 is 0 Å². The van der Waals surface area contributed by atoms with Gasteiger partial charge in [0.1, 0.15) is 0 Å². The van der Waals surface area contributed by atoms with Gasteiger partial charge < -0.3 is 0 Å². The first kappa shape index (κ1) is 7.48. The van der Waals surface area contributed by atoms with E-state index >= 15 is 0 Å². The quantitative estimate of drug-likeness (QED) is 0.633. The van der Waals surface area contributed by atoms with Crippen molar-refractivity contribution in [3.8, 4) is 0 Å².